The lowest BCUT2D eigenvalue weighted by Gasteiger charge is -2.23. The second kappa shape index (κ2) is 7.37. The normalized spacial score (nSPS) is 12.7. The molecule has 4 aromatic rings. The number of fused-ring (bicyclic) bond motifs is 3. The number of benzene rings is 3. The predicted molar refractivity (Wildman–Crippen MR) is 111 cm³/mol. The molecule has 0 bridgehead atoms. The second-order valence-corrected chi connectivity index (χ2v) is 7.26. The van der Waals surface area contributed by atoms with Gasteiger partial charge in [-0.25, -0.2) is 4.79 Å². The Morgan fingerprint density at radius 3 is 2.44 bits per heavy atom. The van der Waals surface area contributed by atoms with Gasteiger partial charge in [-0.3, -0.25) is 0 Å². The summed E-state index contributed by atoms with van der Waals surface area (Å²) in [4.78, 5) is 12.1. The van der Waals surface area contributed by atoms with Crippen LogP contribution in [0.4, 0.5) is 0 Å². The molecule has 1 N–H and O–H groups in total. The van der Waals surface area contributed by atoms with Crippen LogP contribution in [0, 0.1) is 5.92 Å². The lowest BCUT2D eigenvalue weighted by atomic mass is 9.95. The van der Waals surface area contributed by atoms with E-state index in [9.17, 15) is 4.79 Å². The van der Waals surface area contributed by atoms with E-state index >= 15 is 0 Å². The molecule has 0 unspecified atom stereocenters. The molecule has 0 amide bonds. The summed E-state index contributed by atoms with van der Waals surface area (Å²) in [6.45, 7) is 5.02. The number of rotatable bonds is 5. The summed E-state index contributed by atoms with van der Waals surface area (Å²) in [7, 11) is 0. The van der Waals surface area contributed by atoms with Crippen LogP contribution in [0.1, 0.15) is 31.0 Å². The summed E-state index contributed by atoms with van der Waals surface area (Å²) >= 11 is 0. The summed E-state index contributed by atoms with van der Waals surface area (Å²) in [6, 6.07) is 24.4. The van der Waals surface area contributed by atoms with Crippen molar-refractivity contribution in [2.75, 3.05) is 0 Å². The fourth-order valence-corrected chi connectivity index (χ4v) is 3.78. The minimum atomic E-state index is -0.310. The molecule has 27 heavy (non-hydrogen) atoms. The van der Waals surface area contributed by atoms with Gasteiger partial charge in [-0.1, -0.05) is 74.5 Å². The van der Waals surface area contributed by atoms with Gasteiger partial charge in [-0.15, -0.1) is 0 Å². The van der Waals surface area contributed by atoms with Crippen LogP contribution in [0.25, 0.3) is 21.7 Å². The Balaban J connectivity index is 1.77. The minimum Gasteiger partial charge on any atom is -0.423 e. The third-order valence-electron chi connectivity index (χ3n) is 5.05. The molecule has 0 radical (unpaired) electrons. The van der Waals surface area contributed by atoms with Crippen LogP contribution < -0.4 is 10.9 Å². The van der Waals surface area contributed by atoms with E-state index < -0.39 is 0 Å². The first kappa shape index (κ1) is 17.5. The van der Waals surface area contributed by atoms with Gasteiger partial charge in [0.05, 0.1) is 0 Å². The molecule has 0 aliphatic carbocycles. The van der Waals surface area contributed by atoms with Crippen LogP contribution in [0.3, 0.4) is 0 Å². The average molecular weight is 357 g/mol. The molecule has 0 spiro atoms. The molecule has 1 atom stereocenters. The van der Waals surface area contributed by atoms with Gasteiger partial charge in [0.15, 0.2) is 0 Å². The van der Waals surface area contributed by atoms with Crippen molar-refractivity contribution in [3.8, 4) is 0 Å². The summed E-state index contributed by atoms with van der Waals surface area (Å²) in [5.74, 6) is 0.426. The second-order valence-electron chi connectivity index (χ2n) is 7.26. The largest absolute Gasteiger partial charge is 0.423 e. The van der Waals surface area contributed by atoms with Crippen LogP contribution in [-0.4, -0.2) is 0 Å². The van der Waals surface area contributed by atoms with Gasteiger partial charge in [0.25, 0.3) is 0 Å². The standard InChI is InChI=1S/C24H23NO2/c1-16(2)24(18-9-4-3-5-10-18)25-15-19-14-22(26)27-21-13-12-17-8-6-7-11-20(17)23(19)21/h3-14,16,24-25H,15H2,1-2H3/t24-/m1/s1. The van der Waals surface area contributed by atoms with Gasteiger partial charge in [0, 0.05) is 24.0 Å². The Morgan fingerprint density at radius 1 is 0.926 bits per heavy atom. The zero-order valence-electron chi connectivity index (χ0n) is 15.6. The van der Waals surface area contributed by atoms with E-state index in [1.807, 2.05) is 30.3 Å². The Morgan fingerprint density at radius 2 is 1.67 bits per heavy atom. The lowest BCUT2D eigenvalue weighted by Crippen LogP contribution is -2.25. The fourth-order valence-electron chi connectivity index (χ4n) is 3.78. The number of hydrogen-bond donors (Lipinski definition) is 1. The maximum absolute atomic E-state index is 12.1. The molecular formula is C24H23NO2. The van der Waals surface area contributed by atoms with E-state index in [1.165, 1.54) is 5.56 Å². The van der Waals surface area contributed by atoms with Gasteiger partial charge < -0.3 is 9.73 Å². The van der Waals surface area contributed by atoms with Crippen LogP contribution in [-0.2, 0) is 6.54 Å². The van der Waals surface area contributed by atoms with Crippen molar-refractivity contribution in [2.24, 2.45) is 5.92 Å². The highest BCUT2D eigenvalue weighted by atomic mass is 16.4. The Hall–Kier alpha value is -2.91. The molecule has 3 heteroatoms. The molecule has 0 aliphatic heterocycles. The number of nitrogens with one attached hydrogen (secondary N) is 1. The van der Waals surface area contributed by atoms with E-state index in [2.05, 4.69) is 55.6 Å². The molecule has 1 aromatic heterocycles. The van der Waals surface area contributed by atoms with Crippen molar-refractivity contribution in [2.45, 2.75) is 26.4 Å². The molecule has 3 aromatic carbocycles. The number of hydrogen-bond acceptors (Lipinski definition) is 3. The van der Waals surface area contributed by atoms with Crippen molar-refractivity contribution in [3.63, 3.8) is 0 Å². The van der Waals surface area contributed by atoms with E-state index in [4.69, 9.17) is 4.42 Å². The average Bonchev–Trinajstić information content (AvgIpc) is 2.68. The predicted octanol–water partition coefficient (Wildman–Crippen LogP) is 5.43. The lowest BCUT2D eigenvalue weighted by molar-refractivity contribution is 0.410. The molecular weight excluding hydrogens is 334 g/mol. The van der Waals surface area contributed by atoms with Gasteiger partial charge in [-0.2, -0.15) is 0 Å². The monoisotopic (exact) mass is 357 g/mol. The van der Waals surface area contributed by atoms with Crippen molar-refractivity contribution < 1.29 is 4.42 Å². The quantitative estimate of drug-likeness (QED) is 0.382. The van der Waals surface area contributed by atoms with E-state index in [-0.39, 0.29) is 11.7 Å². The smallest absolute Gasteiger partial charge is 0.336 e. The molecule has 4 rings (SSSR count). The summed E-state index contributed by atoms with van der Waals surface area (Å²) in [5, 5.41) is 6.92. The highest BCUT2D eigenvalue weighted by Gasteiger charge is 2.16. The topological polar surface area (TPSA) is 42.2 Å². The van der Waals surface area contributed by atoms with Crippen molar-refractivity contribution in [1.82, 2.24) is 5.32 Å². The minimum absolute atomic E-state index is 0.212. The third-order valence-corrected chi connectivity index (χ3v) is 5.05. The first-order chi connectivity index (χ1) is 13.1. The van der Waals surface area contributed by atoms with E-state index in [1.54, 1.807) is 6.07 Å². The van der Waals surface area contributed by atoms with Gasteiger partial charge in [0.1, 0.15) is 5.58 Å². The van der Waals surface area contributed by atoms with E-state index in [0.29, 0.717) is 18.0 Å². The fraction of sp³-hybridized carbons (Fsp3) is 0.208. The van der Waals surface area contributed by atoms with Crippen LogP contribution >= 0.6 is 0 Å². The van der Waals surface area contributed by atoms with E-state index in [0.717, 1.165) is 21.7 Å². The van der Waals surface area contributed by atoms with Crippen LogP contribution in [0.15, 0.2) is 82.0 Å². The molecule has 136 valence electrons. The van der Waals surface area contributed by atoms with Crippen molar-refractivity contribution >= 4 is 21.7 Å². The molecule has 0 saturated heterocycles. The summed E-state index contributed by atoms with van der Waals surface area (Å²) in [5.41, 5.74) is 2.55. The molecule has 0 saturated carbocycles. The zero-order valence-corrected chi connectivity index (χ0v) is 15.6. The van der Waals surface area contributed by atoms with Gasteiger partial charge >= 0.3 is 5.63 Å². The van der Waals surface area contributed by atoms with Crippen LogP contribution in [0.5, 0.6) is 0 Å². The van der Waals surface area contributed by atoms with Crippen LogP contribution in [0.2, 0.25) is 0 Å². The molecule has 0 fully saturated rings. The summed E-state index contributed by atoms with van der Waals surface area (Å²) < 4.78 is 5.47. The molecule has 3 nitrogen and oxygen atoms in total. The van der Waals surface area contributed by atoms with Crippen molar-refractivity contribution in [3.05, 3.63) is 94.3 Å². The first-order valence-corrected chi connectivity index (χ1v) is 9.36. The highest BCUT2D eigenvalue weighted by Crippen LogP contribution is 2.28. The molecule has 0 aliphatic rings. The Labute approximate surface area is 158 Å². The Bertz CT molecular complexity index is 1130. The van der Waals surface area contributed by atoms with Crippen molar-refractivity contribution in [1.29, 1.82) is 0 Å². The van der Waals surface area contributed by atoms with Gasteiger partial charge in [-0.05, 0) is 33.9 Å². The molecule has 1 heterocycles. The Kier molecular flexibility index (Phi) is 4.78. The highest BCUT2D eigenvalue weighted by molar-refractivity contribution is 6.07. The maximum atomic E-state index is 12.1. The zero-order chi connectivity index (χ0) is 18.8. The van der Waals surface area contributed by atoms with Gasteiger partial charge in [0.2, 0.25) is 0 Å². The SMILES string of the molecule is CC(C)[C@@H](NCc1cc(=O)oc2ccc3ccccc3c12)c1ccccc1. The third kappa shape index (κ3) is 3.51. The first-order valence-electron chi connectivity index (χ1n) is 9.36. The maximum Gasteiger partial charge on any atom is 0.336 e. The summed E-state index contributed by atoms with van der Waals surface area (Å²) in [6.07, 6.45) is 0.